The van der Waals surface area contributed by atoms with Crippen LogP contribution in [0.4, 0.5) is 4.39 Å². The lowest BCUT2D eigenvalue weighted by Gasteiger charge is -2.05. The van der Waals surface area contributed by atoms with E-state index in [1.807, 2.05) is 23.7 Å². The maximum absolute atomic E-state index is 14.2. The Labute approximate surface area is 115 Å². The normalized spacial score (nSPS) is 10.7. The second kappa shape index (κ2) is 4.46. The molecule has 0 aliphatic rings. The van der Waals surface area contributed by atoms with Gasteiger partial charge in [-0.05, 0) is 36.8 Å². The van der Waals surface area contributed by atoms with E-state index >= 15 is 0 Å². The fourth-order valence-electron chi connectivity index (χ4n) is 2.33. The SMILES string of the molecule is Cc1cccc(-c2nc3cc(C#N)ccc3n2C)c1F. The van der Waals surface area contributed by atoms with Crippen LogP contribution in [-0.2, 0) is 7.05 Å². The molecule has 2 aromatic carbocycles. The van der Waals surface area contributed by atoms with Crippen LogP contribution in [0.15, 0.2) is 36.4 Å². The van der Waals surface area contributed by atoms with Gasteiger partial charge in [-0.3, -0.25) is 0 Å². The van der Waals surface area contributed by atoms with E-state index in [1.165, 1.54) is 0 Å². The van der Waals surface area contributed by atoms with Crippen LogP contribution < -0.4 is 0 Å². The molecule has 0 aliphatic heterocycles. The van der Waals surface area contributed by atoms with Crippen molar-refractivity contribution in [2.75, 3.05) is 0 Å². The fourth-order valence-corrected chi connectivity index (χ4v) is 2.33. The number of aryl methyl sites for hydroxylation is 2. The molecule has 3 aromatic rings. The van der Waals surface area contributed by atoms with Crippen molar-refractivity contribution in [1.29, 1.82) is 5.26 Å². The van der Waals surface area contributed by atoms with E-state index in [2.05, 4.69) is 11.1 Å². The molecule has 0 spiro atoms. The smallest absolute Gasteiger partial charge is 0.143 e. The number of hydrogen-bond donors (Lipinski definition) is 0. The summed E-state index contributed by atoms with van der Waals surface area (Å²) in [5.41, 5.74) is 3.18. The number of benzene rings is 2. The molecule has 0 N–H and O–H groups in total. The Balaban J connectivity index is 2.30. The van der Waals surface area contributed by atoms with Gasteiger partial charge in [0.2, 0.25) is 0 Å². The number of rotatable bonds is 1. The van der Waals surface area contributed by atoms with E-state index in [0.29, 0.717) is 28.0 Å². The van der Waals surface area contributed by atoms with Crippen molar-refractivity contribution in [1.82, 2.24) is 9.55 Å². The first-order valence-electron chi connectivity index (χ1n) is 6.24. The lowest BCUT2D eigenvalue weighted by molar-refractivity contribution is 0.620. The van der Waals surface area contributed by atoms with Crippen molar-refractivity contribution in [2.24, 2.45) is 7.05 Å². The summed E-state index contributed by atoms with van der Waals surface area (Å²) in [5, 5.41) is 8.93. The standard InChI is InChI=1S/C16H12FN3/c1-10-4-3-5-12(15(10)17)16-19-13-8-11(9-18)6-7-14(13)20(16)2/h3-8H,1-2H3. The Kier molecular flexibility index (Phi) is 2.76. The van der Waals surface area contributed by atoms with Crippen LogP contribution in [0.2, 0.25) is 0 Å². The van der Waals surface area contributed by atoms with Crippen molar-refractivity contribution in [3.8, 4) is 17.5 Å². The summed E-state index contributed by atoms with van der Waals surface area (Å²) >= 11 is 0. The molecular formula is C16H12FN3. The molecule has 1 aromatic heterocycles. The molecule has 3 rings (SSSR count). The summed E-state index contributed by atoms with van der Waals surface area (Å²) < 4.78 is 16.1. The minimum absolute atomic E-state index is 0.258. The fraction of sp³-hybridized carbons (Fsp3) is 0.125. The summed E-state index contributed by atoms with van der Waals surface area (Å²) in [5.74, 6) is 0.308. The minimum Gasteiger partial charge on any atom is -0.327 e. The highest BCUT2D eigenvalue weighted by Gasteiger charge is 2.14. The maximum atomic E-state index is 14.2. The van der Waals surface area contributed by atoms with Crippen LogP contribution in [0.5, 0.6) is 0 Å². The zero-order chi connectivity index (χ0) is 14.3. The van der Waals surface area contributed by atoms with Crippen molar-refractivity contribution in [2.45, 2.75) is 6.92 Å². The summed E-state index contributed by atoms with van der Waals surface area (Å²) in [6, 6.07) is 12.6. The van der Waals surface area contributed by atoms with E-state index < -0.39 is 0 Å². The summed E-state index contributed by atoms with van der Waals surface area (Å²) in [4.78, 5) is 4.46. The maximum Gasteiger partial charge on any atom is 0.143 e. The van der Waals surface area contributed by atoms with Crippen LogP contribution in [0.25, 0.3) is 22.4 Å². The lowest BCUT2D eigenvalue weighted by Crippen LogP contribution is -1.96. The molecule has 3 nitrogen and oxygen atoms in total. The Morgan fingerprint density at radius 3 is 2.80 bits per heavy atom. The van der Waals surface area contributed by atoms with Crippen molar-refractivity contribution < 1.29 is 4.39 Å². The lowest BCUT2D eigenvalue weighted by atomic mass is 10.1. The molecule has 4 heteroatoms. The van der Waals surface area contributed by atoms with Gasteiger partial charge < -0.3 is 4.57 Å². The van der Waals surface area contributed by atoms with Crippen molar-refractivity contribution in [3.63, 3.8) is 0 Å². The molecule has 0 radical (unpaired) electrons. The summed E-state index contributed by atoms with van der Waals surface area (Å²) in [6.07, 6.45) is 0. The van der Waals surface area contributed by atoms with Gasteiger partial charge in [0.25, 0.3) is 0 Å². The summed E-state index contributed by atoms with van der Waals surface area (Å²) in [6.45, 7) is 1.73. The minimum atomic E-state index is -0.258. The third-order valence-corrected chi connectivity index (χ3v) is 3.44. The van der Waals surface area contributed by atoms with Gasteiger partial charge in [-0.25, -0.2) is 9.37 Å². The Morgan fingerprint density at radius 2 is 2.05 bits per heavy atom. The monoisotopic (exact) mass is 265 g/mol. The van der Waals surface area contributed by atoms with Crippen LogP contribution in [0.3, 0.4) is 0 Å². The second-order valence-electron chi connectivity index (χ2n) is 4.75. The predicted octanol–water partition coefficient (Wildman–Crippen LogP) is 3.56. The van der Waals surface area contributed by atoms with Gasteiger partial charge in [0.15, 0.2) is 0 Å². The van der Waals surface area contributed by atoms with Gasteiger partial charge >= 0.3 is 0 Å². The van der Waals surface area contributed by atoms with E-state index in [0.717, 1.165) is 5.52 Å². The quantitative estimate of drug-likeness (QED) is 0.675. The van der Waals surface area contributed by atoms with Gasteiger partial charge in [-0.2, -0.15) is 5.26 Å². The van der Waals surface area contributed by atoms with E-state index in [-0.39, 0.29) is 5.82 Å². The molecule has 0 atom stereocenters. The third-order valence-electron chi connectivity index (χ3n) is 3.44. The molecule has 0 aliphatic carbocycles. The van der Waals surface area contributed by atoms with Gasteiger partial charge in [-0.15, -0.1) is 0 Å². The van der Waals surface area contributed by atoms with Crippen LogP contribution in [0.1, 0.15) is 11.1 Å². The number of nitriles is 1. The summed E-state index contributed by atoms with van der Waals surface area (Å²) in [7, 11) is 1.85. The van der Waals surface area contributed by atoms with Gasteiger partial charge in [0, 0.05) is 7.05 Å². The Morgan fingerprint density at radius 1 is 1.25 bits per heavy atom. The van der Waals surface area contributed by atoms with Crippen LogP contribution >= 0.6 is 0 Å². The first kappa shape index (κ1) is 12.4. The van der Waals surface area contributed by atoms with Crippen molar-refractivity contribution in [3.05, 3.63) is 53.3 Å². The average Bonchev–Trinajstić information content (AvgIpc) is 2.78. The van der Waals surface area contributed by atoms with E-state index in [4.69, 9.17) is 5.26 Å². The molecule has 1 heterocycles. The van der Waals surface area contributed by atoms with Crippen LogP contribution in [0, 0.1) is 24.1 Å². The predicted molar refractivity (Wildman–Crippen MR) is 75.6 cm³/mol. The molecule has 98 valence electrons. The number of halogens is 1. The highest BCUT2D eigenvalue weighted by molar-refractivity contribution is 5.82. The van der Waals surface area contributed by atoms with Gasteiger partial charge in [-0.1, -0.05) is 12.1 Å². The zero-order valence-electron chi connectivity index (χ0n) is 11.2. The Bertz CT molecular complexity index is 856. The zero-order valence-corrected chi connectivity index (χ0v) is 11.2. The van der Waals surface area contributed by atoms with Crippen molar-refractivity contribution >= 4 is 11.0 Å². The molecule has 0 amide bonds. The van der Waals surface area contributed by atoms with E-state index in [9.17, 15) is 4.39 Å². The number of imidazole rings is 1. The molecule has 20 heavy (non-hydrogen) atoms. The number of nitrogens with zero attached hydrogens (tertiary/aromatic N) is 3. The number of hydrogen-bond acceptors (Lipinski definition) is 2. The second-order valence-corrected chi connectivity index (χ2v) is 4.75. The first-order chi connectivity index (χ1) is 9.61. The Hall–Kier alpha value is -2.67. The van der Waals surface area contributed by atoms with Gasteiger partial charge in [0.05, 0.1) is 28.2 Å². The molecule has 0 bridgehead atoms. The average molecular weight is 265 g/mol. The molecule has 0 unspecified atom stereocenters. The molecule has 0 saturated heterocycles. The highest BCUT2D eigenvalue weighted by Crippen LogP contribution is 2.27. The molecule has 0 fully saturated rings. The largest absolute Gasteiger partial charge is 0.327 e. The number of aromatic nitrogens is 2. The third kappa shape index (κ3) is 1.76. The molecular weight excluding hydrogens is 253 g/mol. The first-order valence-corrected chi connectivity index (χ1v) is 6.24. The van der Waals surface area contributed by atoms with Crippen LogP contribution in [-0.4, -0.2) is 9.55 Å². The topological polar surface area (TPSA) is 41.6 Å². The van der Waals surface area contributed by atoms with Gasteiger partial charge in [0.1, 0.15) is 11.6 Å². The number of fused-ring (bicyclic) bond motifs is 1. The highest BCUT2D eigenvalue weighted by atomic mass is 19.1. The van der Waals surface area contributed by atoms with E-state index in [1.54, 1.807) is 31.2 Å². The molecule has 0 saturated carbocycles.